The molecule has 2 nitrogen and oxygen atoms in total. The molecule has 0 saturated heterocycles. The molecule has 0 N–H and O–H groups in total. The van der Waals surface area contributed by atoms with Gasteiger partial charge in [-0.3, -0.25) is 4.79 Å². The third kappa shape index (κ3) is 5.06. The van der Waals surface area contributed by atoms with Crippen LogP contribution >= 0.6 is 31.9 Å². The first-order valence-corrected chi connectivity index (χ1v) is 7.73. The molecule has 0 aliphatic rings. The van der Waals surface area contributed by atoms with E-state index in [1.807, 2.05) is 0 Å². The maximum absolute atomic E-state index is 13.2. The van der Waals surface area contributed by atoms with Crippen molar-refractivity contribution >= 4 is 37.8 Å². The number of rotatable bonds is 6. The smallest absolute Gasteiger partial charge is 0.253 e. The minimum absolute atomic E-state index is 0.144. The maximum Gasteiger partial charge on any atom is 0.253 e. The topological polar surface area (TPSA) is 20.3 Å². The predicted octanol–water partition coefficient (Wildman–Crippen LogP) is 4.23. The number of carbonyl (C=O) groups is 1. The van der Waals surface area contributed by atoms with Crippen molar-refractivity contribution < 1.29 is 9.18 Å². The Bertz CT molecular complexity index is 392. The Kier molecular flexibility index (Phi) is 6.86. The number of carbonyl (C=O) groups excluding carboxylic acids is 1. The van der Waals surface area contributed by atoms with Gasteiger partial charge in [-0.1, -0.05) is 38.3 Å². The van der Waals surface area contributed by atoms with Crippen molar-refractivity contribution in [3.8, 4) is 0 Å². The van der Waals surface area contributed by atoms with Gasteiger partial charge in [-0.05, 0) is 31.0 Å². The monoisotopic (exact) mass is 379 g/mol. The number of hydrogen-bond donors (Lipinski definition) is 0. The Morgan fingerprint density at radius 1 is 1.28 bits per heavy atom. The zero-order valence-electron chi connectivity index (χ0n) is 10.3. The van der Waals surface area contributed by atoms with E-state index in [1.54, 1.807) is 18.0 Å². The lowest BCUT2D eigenvalue weighted by Crippen LogP contribution is -2.27. The fourth-order valence-electron chi connectivity index (χ4n) is 1.62. The van der Waals surface area contributed by atoms with Crippen LogP contribution in [0.15, 0.2) is 22.7 Å². The molecule has 18 heavy (non-hydrogen) atoms. The molecule has 1 aromatic rings. The normalized spacial score (nSPS) is 10.4. The van der Waals surface area contributed by atoms with Crippen LogP contribution in [0.25, 0.3) is 0 Å². The standard InChI is InChI=1S/C13H16Br2FNO/c1-17(6-4-2-3-5-14)13(18)10-7-11(15)9-12(16)8-10/h7-9H,2-6H2,1H3. The van der Waals surface area contributed by atoms with Crippen LogP contribution in [0.4, 0.5) is 4.39 Å². The Balaban J connectivity index is 2.57. The molecule has 0 aliphatic heterocycles. The van der Waals surface area contributed by atoms with Crippen molar-refractivity contribution in [3.63, 3.8) is 0 Å². The number of amides is 1. The molecule has 0 atom stereocenters. The van der Waals surface area contributed by atoms with Crippen molar-refractivity contribution in [2.24, 2.45) is 0 Å². The van der Waals surface area contributed by atoms with Gasteiger partial charge in [0, 0.05) is 29.0 Å². The molecule has 100 valence electrons. The summed E-state index contributed by atoms with van der Waals surface area (Å²) in [4.78, 5) is 13.7. The highest BCUT2D eigenvalue weighted by molar-refractivity contribution is 9.10. The van der Waals surface area contributed by atoms with Crippen LogP contribution in [0, 0.1) is 5.82 Å². The molecular formula is C13H16Br2FNO. The van der Waals surface area contributed by atoms with Crippen LogP contribution in [-0.2, 0) is 0 Å². The first-order chi connectivity index (χ1) is 8.54. The van der Waals surface area contributed by atoms with E-state index in [4.69, 9.17) is 0 Å². The summed E-state index contributed by atoms with van der Waals surface area (Å²) in [5.74, 6) is -0.547. The molecule has 0 bridgehead atoms. The van der Waals surface area contributed by atoms with E-state index >= 15 is 0 Å². The van der Waals surface area contributed by atoms with Gasteiger partial charge < -0.3 is 4.90 Å². The molecule has 0 aliphatic carbocycles. The van der Waals surface area contributed by atoms with Crippen molar-refractivity contribution in [3.05, 3.63) is 34.1 Å². The summed E-state index contributed by atoms with van der Waals surface area (Å²) in [5, 5.41) is 0.988. The fourth-order valence-corrected chi connectivity index (χ4v) is 2.48. The quantitative estimate of drug-likeness (QED) is 0.534. The first kappa shape index (κ1) is 15.6. The zero-order chi connectivity index (χ0) is 13.5. The number of halogens is 3. The highest BCUT2D eigenvalue weighted by atomic mass is 79.9. The Morgan fingerprint density at radius 2 is 2.00 bits per heavy atom. The second kappa shape index (κ2) is 7.89. The van der Waals surface area contributed by atoms with E-state index in [2.05, 4.69) is 31.9 Å². The van der Waals surface area contributed by atoms with E-state index in [0.29, 0.717) is 16.6 Å². The minimum Gasteiger partial charge on any atom is -0.342 e. The molecular weight excluding hydrogens is 365 g/mol. The second-order valence-corrected chi connectivity index (χ2v) is 5.84. The Hall–Kier alpha value is -0.420. The van der Waals surface area contributed by atoms with E-state index in [9.17, 15) is 9.18 Å². The average Bonchev–Trinajstić information content (AvgIpc) is 2.32. The highest BCUT2D eigenvalue weighted by Gasteiger charge is 2.12. The summed E-state index contributed by atoms with van der Waals surface area (Å²) in [6, 6.07) is 4.25. The van der Waals surface area contributed by atoms with Crippen LogP contribution in [0.3, 0.4) is 0 Å². The maximum atomic E-state index is 13.2. The van der Waals surface area contributed by atoms with Crippen molar-refractivity contribution in [1.29, 1.82) is 0 Å². The molecule has 1 amide bonds. The van der Waals surface area contributed by atoms with Crippen molar-refractivity contribution in [1.82, 2.24) is 4.90 Å². The summed E-state index contributed by atoms with van der Waals surface area (Å²) in [6.07, 6.45) is 3.15. The Morgan fingerprint density at radius 3 is 2.61 bits per heavy atom. The van der Waals surface area contributed by atoms with Crippen LogP contribution in [-0.4, -0.2) is 29.7 Å². The van der Waals surface area contributed by atoms with E-state index in [1.165, 1.54) is 12.1 Å². The van der Waals surface area contributed by atoms with Gasteiger partial charge in [-0.15, -0.1) is 0 Å². The number of hydrogen-bond acceptors (Lipinski definition) is 1. The van der Waals surface area contributed by atoms with E-state index in [0.717, 1.165) is 24.6 Å². The van der Waals surface area contributed by atoms with Gasteiger partial charge in [0.15, 0.2) is 0 Å². The lowest BCUT2D eigenvalue weighted by molar-refractivity contribution is 0.0792. The SMILES string of the molecule is CN(CCCCCBr)C(=O)c1cc(F)cc(Br)c1. The summed E-state index contributed by atoms with van der Waals surface area (Å²) >= 11 is 6.56. The summed E-state index contributed by atoms with van der Waals surface area (Å²) < 4.78 is 13.8. The highest BCUT2D eigenvalue weighted by Crippen LogP contribution is 2.16. The summed E-state index contributed by atoms with van der Waals surface area (Å²) in [7, 11) is 1.75. The van der Waals surface area contributed by atoms with E-state index < -0.39 is 5.82 Å². The van der Waals surface area contributed by atoms with Crippen LogP contribution in [0.2, 0.25) is 0 Å². The van der Waals surface area contributed by atoms with Gasteiger partial charge in [-0.2, -0.15) is 0 Å². The average molecular weight is 381 g/mol. The number of unbranched alkanes of at least 4 members (excludes halogenated alkanes) is 2. The molecule has 0 unspecified atom stereocenters. The zero-order valence-corrected chi connectivity index (χ0v) is 13.4. The molecule has 0 saturated carbocycles. The van der Waals surface area contributed by atoms with Gasteiger partial charge in [0.05, 0.1) is 0 Å². The molecule has 0 heterocycles. The minimum atomic E-state index is -0.402. The summed E-state index contributed by atoms with van der Waals surface area (Å²) in [6.45, 7) is 0.694. The molecule has 5 heteroatoms. The molecule has 1 rings (SSSR count). The van der Waals surface area contributed by atoms with Crippen LogP contribution in [0.5, 0.6) is 0 Å². The van der Waals surface area contributed by atoms with Gasteiger partial charge in [0.1, 0.15) is 5.82 Å². The Labute approximate surface area is 124 Å². The summed E-state index contributed by atoms with van der Waals surface area (Å²) in [5.41, 5.74) is 0.380. The van der Waals surface area contributed by atoms with Gasteiger partial charge >= 0.3 is 0 Å². The largest absolute Gasteiger partial charge is 0.342 e. The second-order valence-electron chi connectivity index (χ2n) is 4.13. The fraction of sp³-hybridized carbons (Fsp3) is 0.462. The molecule has 0 radical (unpaired) electrons. The molecule has 0 aromatic heterocycles. The third-order valence-electron chi connectivity index (χ3n) is 2.58. The molecule has 0 spiro atoms. The number of nitrogens with zero attached hydrogens (tertiary/aromatic N) is 1. The lowest BCUT2D eigenvalue weighted by atomic mass is 10.2. The van der Waals surface area contributed by atoms with Gasteiger partial charge in [0.25, 0.3) is 5.91 Å². The van der Waals surface area contributed by atoms with Gasteiger partial charge in [-0.25, -0.2) is 4.39 Å². The van der Waals surface area contributed by atoms with Crippen molar-refractivity contribution in [2.75, 3.05) is 18.9 Å². The third-order valence-corrected chi connectivity index (χ3v) is 3.60. The molecule has 0 fully saturated rings. The molecule has 1 aromatic carbocycles. The predicted molar refractivity (Wildman–Crippen MR) is 78.7 cm³/mol. The van der Waals surface area contributed by atoms with E-state index in [-0.39, 0.29) is 5.91 Å². The number of benzene rings is 1. The number of alkyl halides is 1. The first-order valence-electron chi connectivity index (χ1n) is 5.82. The van der Waals surface area contributed by atoms with Crippen molar-refractivity contribution in [2.45, 2.75) is 19.3 Å². The van der Waals surface area contributed by atoms with Gasteiger partial charge in [0.2, 0.25) is 0 Å². The van der Waals surface area contributed by atoms with Crippen LogP contribution in [0.1, 0.15) is 29.6 Å². The lowest BCUT2D eigenvalue weighted by Gasteiger charge is -2.17. The van der Waals surface area contributed by atoms with Crippen LogP contribution < -0.4 is 0 Å².